The van der Waals surface area contributed by atoms with Crippen LogP contribution in [0.1, 0.15) is 31.0 Å². The fourth-order valence-electron chi connectivity index (χ4n) is 1.78. The van der Waals surface area contributed by atoms with Crippen LogP contribution in [-0.4, -0.2) is 4.98 Å². The molecule has 0 aliphatic heterocycles. The number of benzene rings is 1. The topological polar surface area (TPSA) is 32.9 Å². The maximum absolute atomic E-state index is 12.5. The standard InChI is InChI=1S/C13H12F3NO/c1-7(2)8-3-4-10-9(5-8)11(18)6-12(17-10)13(14,15)16/h3-7H,1-2H3,(H,17,18). The van der Waals surface area contributed by atoms with Gasteiger partial charge >= 0.3 is 6.18 Å². The summed E-state index contributed by atoms with van der Waals surface area (Å²) in [6.07, 6.45) is -4.54. The number of aromatic amines is 1. The molecule has 0 atom stereocenters. The highest BCUT2D eigenvalue weighted by molar-refractivity contribution is 5.79. The van der Waals surface area contributed by atoms with Gasteiger partial charge in [0, 0.05) is 17.0 Å². The lowest BCUT2D eigenvalue weighted by molar-refractivity contribution is -0.141. The van der Waals surface area contributed by atoms with Gasteiger partial charge in [0.05, 0.1) is 0 Å². The van der Waals surface area contributed by atoms with E-state index >= 15 is 0 Å². The number of H-pyrrole nitrogens is 1. The van der Waals surface area contributed by atoms with Crippen LogP contribution in [0.25, 0.3) is 10.9 Å². The minimum absolute atomic E-state index is 0.208. The summed E-state index contributed by atoms with van der Waals surface area (Å²) < 4.78 is 37.6. The average Bonchev–Trinajstić information content (AvgIpc) is 2.27. The van der Waals surface area contributed by atoms with Crippen LogP contribution < -0.4 is 5.43 Å². The second-order valence-corrected chi connectivity index (χ2v) is 4.50. The number of halogens is 3. The summed E-state index contributed by atoms with van der Waals surface area (Å²) in [6, 6.07) is 5.48. The fraction of sp³-hybridized carbons (Fsp3) is 0.308. The summed E-state index contributed by atoms with van der Waals surface area (Å²) in [7, 11) is 0. The van der Waals surface area contributed by atoms with Crippen LogP contribution in [0, 0.1) is 0 Å². The Hall–Kier alpha value is -1.78. The maximum Gasteiger partial charge on any atom is 0.431 e. The number of hydrogen-bond acceptors (Lipinski definition) is 1. The van der Waals surface area contributed by atoms with E-state index in [2.05, 4.69) is 4.98 Å². The third-order valence-corrected chi connectivity index (χ3v) is 2.83. The van der Waals surface area contributed by atoms with Crippen molar-refractivity contribution in [3.05, 3.63) is 45.7 Å². The zero-order valence-electron chi connectivity index (χ0n) is 9.93. The van der Waals surface area contributed by atoms with Gasteiger partial charge in [0.15, 0.2) is 5.43 Å². The first kappa shape index (κ1) is 12.7. The number of aromatic nitrogens is 1. The number of rotatable bonds is 1. The highest BCUT2D eigenvalue weighted by Gasteiger charge is 2.32. The van der Waals surface area contributed by atoms with Crippen LogP contribution in [0.3, 0.4) is 0 Å². The molecule has 0 saturated heterocycles. The molecule has 0 aliphatic carbocycles. The molecule has 0 amide bonds. The van der Waals surface area contributed by atoms with Crippen LogP contribution in [0.4, 0.5) is 13.2 Å². The summed E-state index contributed by atoms with van der Waals surface area (Å²) in [5.74, 6) is 0.219. The number of fused-ring (bicyclic) bond motifs is 1. The quantitative estimate of drug-likeness (QED) is 0.828. The van der Waals surface area contributed by atoms with Crippen molar-refractivity contribution in [3.63, 3.8) is 0 Å². The Morgan fingerprint density at radius 1 is 1.17 bits per heavy atom. The lowest BCUT2D eigenvalue weighted by Crippen LogP contribution is -2.14. The van der Waals surface area contributed by atoms with Gasteiger partial charge in [-0.05, 0) is 23.6 Å². The zero-order valence-corrected chi connectivity index (χ0v) is 9.93. The Morgan fingerprint density at radius 3 is 2.39 bits per heavy atom. The average molecular weight is 255 g/mol. The van der Waals surface area contributed by atoms with Crippen LogP contribution in [0.15, 0.2) is 29.1 Å². The molecule has 1 N–H and O–H groups in total. The SMILES string of the molecule is CC(C)c1ccc2[nH]c(C(F)(F)F)cc(=O)c2c1. The summed E-state index contributed by atoms with van der Waals surface area (Å²) >= 11 is 0. The molecule has 0 unspecified atom stereocenters. The second-order valence-electron chi connectivity index (χ2n) is 4.50. The van der Waals surface area contributed by atoms with Gasteiger partial charge in [0.2, 0.25) is 0 Å². The van der Waals surface area contributed by atoms with Gasteiger partial charge in [0.25, 0.3) is 0 Å². The van der Waals surface area contributed by atoms with E-state index in [1.54, 1.807) is 12.1 Å². The predicted molar refractivity (Wildman–Crippen MR) is 63.7 cm³/mol. The zero-order chi connectivity index (χ0) is 13.5. The molecule has 0 spiro atoms. The molecule has 2 aromatic rings. The maximum atomic E-state index is 12.5. The van der Waals surface area contributed by atoms with Gasteiger partial charge in [-0.2, -0.15) is 13.2 Å². The van der Waals surface area contributed by atoms with Gasteiger partial charge in [0.1, 0.15) is 5.69 Å². The van der Waals surface area contributed by atoms with E-state index in [0.717, 1.165) is 5.56 Å². The van der Waals surface area contributed by atoms with Gasteiger partial charge < -0.3 is 4.98 Å². The normalized spacial score (nSPS) is 12.3. The van der Waals surface area contributed by atoms with Crippen molar-refractivity contribution >= 4 is 10.9 Å². The molecule has 5 heteroatoms. The summed E-state index contributed by atoms with van der Waals surface area (Å²) in [4.78, 5) is 13.9. The number of hydrogen-bond donors (Lipinski definition) is 1. The molecular formula is C13H12F3NO. The summed E-state index contributed by atoms with van der Waals surface area (Å²) in [5.41, 5.74) is -0.497. The molecule has 1 aromatic heterocycles. The van der Waals surface area contributed by atoms with Gasteiger partial charge in [-0.3, -0.25) is 4.79 Å². The van der Waals surface area contributed by atoms with E-state index in [1.807, 2.05) is 13.8 Å². The van der Waals surface area contributed by atoms with Crippen LogP contribution >= 0.6 is 0 Å². The van der Waals surface area contributed by atoms with E-state index in [0.29, 0.717) is 6.07 Å². The third kappa shape index (κ3) is 2.25. The molecule has 1 heterocycles. The van der Waals surface area contributed by atoms with Crippen molar-refractivity contribution < 1.29 is 13.2 Å². The molecule has 96 valence electrons. The molecule has 1 aromatic carbocycles. The monoisotopic (exact) mass is 255 g/mol. The van der Waals surface area contributed by atoms with Gasteiger partial charge in [-0.25, -0.2) is 0 Å². The molecule has 0 saturated carbocycles. The minimum atomic E-state index is -4.54. The van der Waals surface area contributed by atoms with E-state index in [4.69, 9.17) is 0 Å². The lowest BCUT2D eigenvalue weighted by Gasteiger charge is -2.10. The van der Waals surface area contributed by atoms with Crippen LogP contribution in [0.2, 0.25) is 0 Å². The largest absolute Gasteiger partial charge is 0.431 e. The van der Waals surface area contributed by atoms with E-state index in [9.17, 15) is 18.0 Å². The molecule has 0 bridgehead atoms. The fourth-order valence-corrected chi connectivity index (χ4v) is 1.78. The molecule has 18 heavy (non-hydrogen) atoms. The first-order valence-electron chi connectivity index (χ1n) is 5.53. The lowest BCUT2D eigenvalue weighted by atomic mass is 10.0. The number of pyridine rings is 1. The predicted octanol–water partition coefficient (Wildman–Crippen LogP) is 3.67. The van der Waals surface area contributed by atoms with Crippen molar-refractivity contribution in [3.8, 4) is 0 Å². The smallest absolute Gasteiger partial charge is 0.351 e. The van der Waals surface area contributed by atoms with Crippen LogP contribution in [0.5, 0.6) is 0 Å². The van der Waals surface area contributed by atoms with Gasteiger partial charge in [-0.15, -0.1) is 0 Å². The first-order chi connectivity index (χ1) is 8.29. The summed E-state index contributed by atoms with van der Waals surface area (Å²) in [6.45, 7) is 3.92. The van der Waals surface area contributed by atoms with Gasteiger partial charge in [-0.1, -0.05) is 19.9 Å². The van der Waals surface area contributed by atoms with Crippen LogP contribution in [-0.2, 0) is 6.18 Å². The van der Waals surface area contributed by atoms with Crippen molar-refractivity contribution in [2.24, 2.45) is 0 Å². The highest BCUT2D eigenvalue weighted by Crippen LogP contribution is 2.28. The Bertz CT molecular complexity index is 641. The Morgan fingerprint density at radius 2 is 1.83 bits per heavy atom. The molecular weight excluding hydrogens is 243 g/mol. The van der Waals surface area contributed by atoms with Crippen molar-refractivity contribution in [1.29, 1.82) is 0 Å². The molecule has 2 nitrogen and oxygen atoms in total. The van der Waals surface area contributed by atoms with Crippen molar-refractivity contribution in [1.82, 2.24) is 4.98 Å². The Kier molecular flexibility index (Phi) is 2.92. The first-order valence-corrected chi connectivity index (χ1v) is 5.53. The summed E-state index contributed by atoms with van der Waals surface area (Å²) in [5, 5.41) is 0.286. The third-order valence-electron chi connectivity index (χ3n) is 2.83. The Labute approximate surface area is 101 Å². The van der Waals surface area contributed by atoms with Crippen molar-refractivity contribution in [2.45, 2.75) is 25.9 Å². The minimum Gasteiger partial charge on any atom is -0.351 e. The molecule has 0 aliphatic rings. The van der Waals surface area contributed by atoms with Crippen molar-refractivity contribution in [2.75, 3.05) is 0 Å². The Balaban J connectivity index is 2.70. The molecule has 0 fully saturated rings. The number of nitrogens with one attached hydrogen (secondary N) is 1. The van der Waals surface area contributed by atoms with E-state index < -0.39 is 17.3 Å². The second kappa shape index (κ2) is 4.15. The molecule has 0 radical (unpaired) electrons. The number of alkyl halides is 3. The molecule has 2 rings (SSSR count). The van der Waals surface area contributed by atoms with E-state index in [1.165, 1.54) is 6.07 Å². The highest BCUT2D eigenvalue weighted by atomic mass is 19.4. The van der Waals surface area contributed by atoms with E-state index in [-0.39, 0.29) is 16.8 Å².